The molecule has 1 aliphatic carbocycles. The Balaban J connectivity index is 1.93. The Labute approximate surface area is 115 Å². The summed E-state index contributed by atoms with van der Waals surface area (Å²) in [4.78, 5) is 24.8. The second-order valence-corrected chi connectivity index (χ2v) is 5.65. The van der Waals surface area contributed by atoms with Gasteiger partial charge in [0.2, 0.25) is 0 Å². The second kappa shape index (κ2) is 6.16. The number of amides is 1. The summed E-state index contributed by atoms with van der Waals surface area (Å²) in [6.07, 6.45) is 3.10. The van der Waals surface area contributed by atoms with Crippen molar-refractivity contribution in [2.45, 2.75) is 31.8 Å². The number of aliphatic hydroxyl groups excluding tert-OH is 1. The lowest BCUT2D eigenvalue weighted by molar-refractivity contribution is -0.149. The largest absolute Gasteiger partial charge is 0.467 e. The summed E-state index contributed by atoms with van der Waals surface area (Å²) in [5.74, 6) is -0.992. The average Bonchev–Trinajstić information content (AvgIpc) is 2.87. The molecule has 2 N–H and O–H groups in total. The van der Waals surface area contributed by atoms with E-state index >= 15 is 0 Å². The van der Waals surface area contributed by atoms with Gasteiger partial charge in [-0.1, -0.05) is 0 Å². The number of thiophene rings is 1. The molecule has 104 valence electrons. The van der Waals surface area contributed by atoms with E-state index in [0.717, 1.165) is 12.8 Å². The van der Waals surface area contributed by atoms with Crippen molar-refractivity contribution in [3.8, 4) is 0 Å². The van der Waals surface area contributed by atoms with Crippen LogP contribution in [0.15, 0.2) is 6.07 Å². The molecule has 0 saturated heterocycles. The van der Waals surface area contributed by atoms with Crippen LogP contribution in [0, 0.1) is 0 Å². The van der Waals surface area contributed by atoms with Crippen molar-refractivity contribution in [3.63, 3.8) is 0 Å². The van der Waals surface area contributed by atoms with Gasteiger partial charge in [0.1, 0.15) is 0 Å². The fraction of sp³-hybridized carbons (Fsp3) is 0.538. The summed E-state index contributed by atoms with van der Waals surface area (Å²) >= 11 is 1.50. The standard InChI is InChI=1S/C13H17NO4S/c1-18-13(17)9(15)7-14-12(16)11-6-8-4-2-3-5-10(8)19-11/h6,9,15H,2-5,7H2,1H3,(H,14,16). The number of methoxy groups -OCH3 is 1. The normalized spacial score (nSPS) is 15.5. The van der Waals surface area contributed by atoms with E-state index < -0.39 is 12.1 Å². The molecular formula is C13H17NO4S. The van der Waals surface area contributed by atoms with Crippen LogP contribution in [0.2, 0.25) is 0 Å². The molecule has 5 nitrogen and oxygen atoms in total. The van der Waals surface area contributed by atoms with E-state index in [2.05, 4.69) is 10.1 Å². The molecule has 0 radical (unpaired) electrons. The van der Waals surface area contributed by atoms with Gasteiger partial charge in [0.25, 0.3) is 5.91 Å². The van der Waals surface area contributed by atoms with Gasteiger partial charge >= 0.3 is 5.97 Å². The maximum Gasteiger partial charge on any atom is 0.336 e. The smallest absolute Gasteiger partial charge is 0.336 e. The highest BCUT2D eigenvalue weighted by atomic mass is 32.1. The number of hydrogen-bond donors (Lipinski definition) is 2. The van der Waals surface area contributed by atoms with Gasteiger partial charge in [0, 0.05) is 4.88 Å². The Morgan fingerprint density at radius 3 is 2.89 bits per heavy atom. The number of fused-ring (bicyclic) bond motifs is 1. The number of ether oxygens (including phenoxy) is 1. The fourth-order valence-electron chi connectivity index (χ4n) is 2.10. The SMILES string of the molecule is COC(=O)C(O)CNC(=O)c1cc2c(s1)CCCC2. The third kappa shape index (κ3) is 3.33. The van der Waals surface area contributed by atoms with Gasteiger partial charge in [-0.3, -0.25) is 4.79 Å². The molecule has 1 amide bonds. The molecule has 1 aliphatic rings. The maximum atomic E-state index is 11.9. The number of hydrogen-bond acceptors (Lipinski definition) is 5. The van der Waals surface area contributed by atoms with E-state index in [1.54, 1.807) is 0 Å². The molecule has 1 unspecified atom stereocenters. The third-order valence-corrected chi connectivity index (χ3v) is 4.39. The summed E-state index contributed by atoms with van der Waals surface area (Å²) in [5, 5.41) is 11.9. The van der Waals surface area contributed by atoms with E-state index in [4.69, 9.17) is 0 Å². The zero-order valence-corrected chi connectivity index (χ0v) is 11.6. The molecule has 1 aromatic rings. The number of nitrogens with one attached hydrogen (secondary N) is 1. The van der Waals surface area contributed by atoms with Crippen molar-refractivity contribution in [1.29, 1.82) is 0 Å². The van der Waals surface area contributed by atoms with Crippen molar-refractivity contribution >= 4 is 23.2 Å². The summed E-state index contributed by atoms with van der Waals surface area (Å²) in [6, 6.07) is 1.92. The molecule has 1 aromatic heterocycles. The lowest BCUT2D eigenvalue weighted by Crippen LogP contribution is -2.36. The lowest BCUT2D eigenvalue weighted by atomic mass is 9.99. The number of rotatable bonds is 4. The number of carbonyl (C=O) groups excluding carboxylic acids is 2. The Bertz CT molecular complexity index is 459. The lowest BCUT2D eigenvalue weighted by Gasteiger charge is -2.08. The first kappa shape index (κ1) is 14.0. The Morgan fingerprint density at radius 2 is 2.21 bits per heavy atom. The van der Waals surface area contributed by atoms with Crippen LogP contribution in [0.1, 0.15) is 33.0 Å². The Hall–Kier alpha value is -1.40. The van der Waals surface area contributed by atoms with Crippen LogP contribution >= 0.6 is 11.3 Å². The van der Waals surface area contributed by atoms with Gasteiger partial charge in [0.15, 0.2) is 6.10 Å². The monoisotopic (exact) mass is 283 g/mol. The van der Waals surface area contributed by atoms with Gasteiger partial charge in [-0.15, -0.1) is 11.3 Å². The number of aryl methyl sites for hydroxylation is 2. The molecule has 0 spiro atoms. The molecule has 0 fully saturated rings. The predicted octanol–water partition coefficient (Wildman–Crippen LogP) is 0.891. The molecule has 0 bridgehead atoms. The first-order chi connectivity index (χ1) is 9.11. The topological polar surface area (TPSA) is 75.6 Å². The van der Waals surface area contributed by atoms with Gasteiger partial charge in [0.05, 0.1) is 18.5 Å². The highest BCUT2D eigenvalue weighted by molar-refractivity contribution is 7.14. The van der Waals surface area contributed by atoms with Crippen molar-refractivity contribution in [1.82, 2.24) is 5.32 Å². The predicted molar refractivity (Wildman–Crippen MR) is 71.3 cm³/mol. The van der Waals surface area contributed by atoms with E-state index in [0.29, 0.717) is 4.88 Å². The Morgan fingerprint density at radius 1 is 1.47 bits per heavy atom. The van der Waals surface area contributed by atoms with Crippen LogP contribution in [0.3, 0.4) is 0 Å². The van der Waals surface area contributed by atoms with Crippen LogP contribution < -0.4 is 5.32 Å². The molecule has 2 rings (SSSR count). The minimum atomic E-state index is -1.32. The highest BCUT2D eigenvalue weighted by Crippen LogP contribution is 2.29. The van der Waals surface area contributed by atoms with Crippen LogP contribution in [0.25, 0.3) is 0 Å². The molecule has 0 aromatic carbocycles. The molecule has 19 heavy (non-hydrogen) atoms. The molecule has 6 heteroatoms. The van der Waals surface area contributed by atoms with Gasteiger partial charge < -0.3 is 15.2 Å². The quantitative estimate of drug-likeness (QED) is 0.805. The van der Waals surface area contributed by atoms with Crippen LogP contribution in [0.5, 0.6) is 0 Å². The summed E-state index contributed by atoms with van der Waals surface area (Å²) in [6.45, 7) is -0.131. The van der Waals surface area contributed by atoms with Crippen molar-refractivity contribution in [3.05, 3.63) is 21.4 Å². The van der Waals surface area contributed by atoms with E-state index in [1.807, 2.05) is 6.07 Å². The first-order valence-electron chi connectivity index (χ1n) is 6.27. The van der Waals surface area contributed by atoms with Crippen LogP contribution in [0.4, 0.5) is 0 Å². The third-order valence-electron chi connectivity index (χ3n) is 3.15. The summed E-state index contributed by atoms with van der Waals surface area (Å²) < 4.78 is 4.38. The average molecular weight is 283 g/mol. The number of aliphatic hydroxyl groups is 1. The Kier molecular flexibility index (Phi) is 4.55. The second-order valence-electron chi connectivity index (χ2n) is 4.52. The number of esters is 1. The van der Waals surface area contributed by atoms with E-state index in [9.17, 15) is 14.7 Å². The fourth-order valence-corrected chi connectivity index (χ4v) is 3.27. The summed E-state index contributed by atoms with van der Waals surface area (Å²) in [7, 11) is 1.20. The first-order valence-corrected chi connectivity index (χ1v) is 7.09. The maximum absolute atomic E-state index is 11.9. The van der Waals surface area contributed by atoms with E-state index in [-0.39, 0.29) is 12.5 Å². The minimum absolute atomic E-state index is 0.131. The van der Waals surface area contributed by atoms with E-state index in [1.165, 1.54) is 41.7 Å². The van der Waals surface area contributed by atoms with Gasteiger partial charge in [-0.05, 0) is 37.3 Å². The zero-order valence-electron chi connectivity index (χ0n) is 10.8. The minimum Gasteiger partial charge on any atom is -0.467 e. The zero-order chi connectivity index (χ0) is 13.8. The van der Waals surface area contributed by atoms with Crippen molar-refractivity contribution in [2.24, 2.45) is 0 Å². The summed E-state index contributed by atoms with van der Waals surface area (Å²) in [5.41, 5.74) is 1.26. The molecular weight excluding hydrogens is 266 g/mol. The van der Waals surface area contributed by atoms with Crippen LogP contribution in [-0.4, -0.2) is 36.7 Å². The highest BCUT2D eigenvalue weighted by Gasteiger charge is 2.20. The van der Waals surface area contributed by atoms with Crippen molar-refractivity contribution < 1.29 is 19.4 Å². The van der Waals surface area contributed by atoms with Crippen molar-refractivity contribution in [2.75, 3.05) is 13.7 Å². The molecule has 0 aliphatic heterocycles. The van der Waals surface area contributed by atoms with Crippen LogP contribution in [-0.2, 0) is 22.4 Å². The molecule has 1 heterocycles. The number of carbonyl (C=O) groups is 2. The van der Waals surface area contributed by atoms with Gasteiger partial charge in [-0.25, -0.2) is 4.79 Å². The molecule has 1 atom stereocenters. The molecule has 0 saturated carbocycles. The van der Waals surface area contributed by atoms with Gasteiger partial charge in [-0.2, -0.15) is 0 Å².